The van der Waals surface area contributed by atoms with E-state index < -0.39 is 14.8 Å². The summed E-state index contributed by atoms with van der Waals surface area (Å²) in [5, 5.41) is 12.9. The van der Waals surface area contributed by atoms with Crippen LogP contribution in [0.5, 0.6) is 11.6 Å². The monoisotopic (exact) mass is 339 g/mol. The normalized spacial score (nSPS) is 11.7. The minimum Gasteiger partial charge on any atom is -0.432 e. The average Bonchev–Trinajstić information content (AvgIpc) is 2.97. The van der Waals surface area contributed by atoms with Gasteiger partial charge in [0.15, 0.2) is 9.84 Å². The second-order valence-electron chi connectivity index (χ2n) is 4.40. The lowest BCUT2D eigenvalue weighted by Crippen LogP contribution is -1.98. The van der Waals surface area contributed by atoms with Crippen LogP contribution in [0.15, 0.2) is 40.7 Å². The van der Waals surface area contributed by atoms with Gasteiger partial charge in [0.1, 0.15) is 11.9 Å². The Hall–Kier alpha value is -2.46. The minimum atomic E-state index is -3.40. The van der Waals surface area contributed by atoms with E-state index in [1.807, 2.05) is 0 Å². The fraction of sp³-hybridized carbons (Fsp3) is 0.0833. The lowest BCUT2D eigenvalue weighted by Gasteiger charge is -2.04. The Bertz CT molecular complexity index is 974. The summed E-state index contributed by atoms with van der Waals surface area (Å²) in [5.74, 6) is -0.319. The third-order valence-electron chi connectivity index (χ3n) is 2.83. The molecule has 0 saturated heterocycles. The first-order valence-electron chi connectivity index (χ1n) is 5.94. The molecule has 2 heterocycles. The smallest absolute Gasteiger partial charge is 0.393 e. The highest BCUT2D eigenvalue weighted by molar-refractivity contribution is 7.90. The standard InChI is InChI=1S/C12H9N3O5S2/c1-22(18,19)9-4-2-3-8(7-9)20-10-11(15(16)17)14-5-6-21-12(14)13-10/h2-7H,1H3. The predicted molar refractivity (Wildman–Crippen MR) is 79.3 cm³/mol. The number of hydrogen-bond donors (Lipinski definition) is 0. The minimum absolute atomic E-state index is 0.0636. The summed E-state index contributed by atoms with van der Waals surface area (Å²) in [7, 11) is -3.40. The molecular weight excluding hydrogens is 330 g/mol. The molecule has 2 aromatic heterocycles. The predicted octanol–water partition coefficient (Wildman–Crippen LogP) is 2.50. The molecule has 1 aromatic carbocycles. The van der Waals surface area contributed by atoms with Gasteiger partial charge in [-0.1, -0.05) is 17.4 Å². The Morgan fingerprint density at radius 1 is 1.41 bits per heavy atom. The number of sulfone groups is 1. The van der Waals surface area contributed by atoms with E-state index in [4.69, 9.17) is 4.74 Å². The van der Waals surface area contributed by atoms with Crippen molar-refractivity contribution < 1.29 is 18.1 Å². The van der Waals surface area contributed by atoms with Crippen molar-refractivity contribution in [2.45, 2.75) is 4.90 Å². The summed E-state index contributed by atoms with van der Waals surface area (Å²) in [6, 6.07) is 5.72. The summed E-state index contributed by atoms with van der Waals surface area (Å²) >= 11 is 1.23. The largest absolute Gasteiger partial charge is 0.432 e. The van der Waals surface area contributed by atoms with E-state index in [1.165, 1.54) is 46.2 Å². The first-order chi connectivity index (χ1) is 10.4. The van der Waals surface area contributed by atoms with Crippen LogP contribution >= 0.6 is 11.3 Å². The van der Waals surface area contributed by atoms with Crippen molar-refractivity contribution in [2.75, 3.05) is 6.26 Å². The number of thiazole rings is 1. The zero-order chi connectivity index (χ0) is 15.9. The molecule has 10 heteroatoms. The number of rotatable bonds is 4. The topological polar surface area (TPSA) is 104 Å². The van der Waals surface area contributed by atoms with Gasteiger partial charge in [-0.2, -0.15) is 9.38 Å². The van der Waals surface area contributed by atoms with Gasteiger partial charge in [-0.25, -0.2) is 8.42 Å². The molecule has 22 heavy (non-hydrogen) atoms. The first kappa shape index (κ1) is 14.5. The molecule has 8 nitrogen and oxygen atoms in total. The summed E-state index contributed by atoms with van der Waals surface area (Å²) in [4.78, 5) is 15.1. The van der Waals surface area contributed by atoms with Gasteiger partial charge in [-0.15, -0.1) is 0 Å². The van der Waals surface area contributed by atoms with Gasteiger partial charge in [-0.05, 0) is 23.1 Å². The van der Waals surface area contributed by atoms with Gasteiger partial charge in [0, 0.05) is 11.6 Å². The Morgan fingerprint density at radius 3 is 2.86 bits per heavy atom. The van der Waals surface area contributed by atoms with E-state index in [2.05, 4.69) is 4.98 Å². The molecule has 0 amide bonds. The van der Waals surface area contributed by atoms with Crippen LogP contribution in [0.1, 0.15) is 0 Å². The Kier molecular flexibility index (Phi) is 3.34. The first-order valence-corrected chi connectivity index (χ1v) is 8.71. The summed E-state index contributed by atoms with van der Waals surface area (Å²) < 4.78 is 29.8. The number of hydrogen-bond acceptors (Lipinski definition) is 7. The number of benzene rings is 1. The Balaban J connectivity index is 2.05. The molecule has 0 aliphatic heterocycles. The lowest BCUT2D eigenvalue weighted by atomic mass is 10.3. The molecule has 0 spiro atoms. The number of fused-ring (bicyclic) bond motifs is 1. The molecule has 0 radical (unpaired) electrons. The van der Waals surface area contributed by atoms with Gasteiger partial charge in [0.05, 0.1) is 4.90 Å². The van der Waals surface area contributed by atoms with Crippen molar-refractivity contribution in [1.29, 1.82) is 0 Å². The molecule has 0 fully saturated rings. The van der Waals surface area contributed by atoms with Crippen LogP contribution < -0.4 is 4.74 Å². The summed E-state index contributed by atoms with van der Waals surface area (Å²) in [5.41, 5.74) is 0. The van der Waals surface area contributed by atoms with E-state index in [-0.39, 0.29) is 22.3 Å². The van der Waals surface area contributed by atoms with Gasteiger partial charge in [0.2, 0.25) is 0 Å². The second kappa shape index (κ2) is 5.07. The number of ether oxygens (including phenoxy) is 1. The molecule has 0 aliphatic rings. The van der Waals surface area contributed by atoms with Crippen LogP contribution in [0.3, 0.4) is 0 Å². The van der Waals surface area contributed by atoms with Crippen LogP contribution in [0.4, 0.5) is 5.82 Å². The zero-order valence-electron chi connectivity index (χ0n) is 11.2. The third-order valence-corrected chi connectivity index (χ3v) is 4.69. The van der Waals surface area contributed by atoms with Gasteiger partial charge in [-0.3, -0.25) is 0 Å². The van der Waals surface area contributed by atoms with Crippen LogP contribution in [-0.2, 0) is 9.84 Å². The fourth-order valence-electron chi connectivity index (χ4n) is 1.87. The summed E-state index contributed by atoms with van der Waals surface area (Å²) in [6.45, 7) is 0. The number of nitro groups is 1. The molecule has 0 atom stereocenters. The van der Waals surface area contributed by atoms with Crippen molar-refractivity contribution in [2.24, 2.45) is 0 Å². The second-order valence-corrected chi connectivity index (χ2v) is 7.29. The van der Waals surface area contributed by atoms with Crippen molar-refractivity contribution in [3.8, 4) is 11.6 Å². The highest BCUT2D eigenvalue weighted by atomic mass is 32.2. The van der Waals surface area contributed by atoms with E-state index >= 15 is 0 Å². The molecular formula is C12H9N3O5S2. The van der Waals surface area contributed by atoms with Crippen molar-refractivity contribution in [3.63, 3.8) is 0 Å². The van der Waals surface area contributed by atoms with Crippen LogP contribution in [0.2, 0.25) is 0 Å². The highest BCUT2D eigenvalue weighted by Gasteiger charge is 2.25. The summed E-state index contributed by atoms with van der Waals surface area (Å²) in [6.07, 6.45) is 2.59. The Labute approximate surface area is 128 Å². The average molecular weight is 339 g/mol. The van der Waals surface area contributed by atoms with Crippen molar-refractivity contribution >= 4 is 32.0 Å². The fourth-order valence-corrected chi connectivity index (χ4v) is 3.23. The maximum Gasteiger partial charge on any atom is 0.393 e. The van der Waals surface area contributed by atoms with E-state index in [0.717, 1.165) is 6.26 Å². The third kappa shape index (κ3) is 2.53. The zero-order valence-corrected chi connectivity index (χ0v) is 12.8. The molecule has 0 bridgehead atoms. The van der Waals surface area contributed by atoms with Crippen LogP contribution in [0, 0.1) is 10.1 Å². The molecule has 0 saturated carbocycles. The van der Waals surface area contributed by atoms with Gasteiger partial charge < -0.3 is 14.9 Å². The number of aromatic nitrogens is 2. The van der Waals surface area contributed by atoms with E-state index in [0.29, 0.717) is 4.96 Å². The van der Waals surface area contributed by atoms with Crippen LogP contribution in [-0.4, -0.2) is 29.0 Å². The molecule has 114 valence electrons. The quantitative estimate of drug-likeness (QED) is 0.534. The van der Waals surface area contributed by atoms with E-state index in [1.54, 1.807) is 5.38 Å². The lowest BCUT2D eigenvalue weighted by molar-refractivity contribution is -0.391. The molecule has 0 N–H and O–H groups in total. The van der Waals surface area contributed by atoms with Crippen molar-refractivity contribution in [1.82, 2.24) is 9.38 Å². The highest BCUT2D eigenvalue weighted by Crippen LogP contribution is 2.33. The van der Waals surface area contributed by atoms with Gasteiger partial charge in [0.25, 0.3) is 4.96 Å². The maximum atomic E-state index is 11.5. The number of nitrogens with zero attached hydrogens (tertiary/aromatic N) is 3. The molecule has 3 rings (SSSR count). The molecule has 0 aliphatic carbocycles. The van der Waals surface area contributed by atoms with Crippen molar-refractivity contribution in [3.05, 3.63) is 46.0 Å². The molecule has 3 aromatic rings. The molecule has 0 unspecified atom stereocenters. The van der Waals surface area contributed by atoms with Crippen LogP contribution in [0.25, 0.3) is 4.96 Å². The van der Waals surface area contributed by atoms with E-state index in [9.17, 15) is 18.5 Å². The van der Waals surface area contributed by atoms with Gasteiger partial charge >= 0.3 is 11.7 Å². The Morgan fingerprint density at radius 2 is 2.18 bits per heavy atom. The maximum absolute atomic E-state index is 11.5. The SMILES string of the molecule is CS(=O)(=O)c1cccc(Oc2nc3sccn3c2[N+](=O)[O-])c1. The number of imidazole rings is 1.